The maximum Gasteiger partial charge on any atom is 0.263 e. The number of ether oxygens (including phenoxy) is 1. The zero-order valence-electron chi connectivity index (χ0n) is 15.1. The summed E-state index contributed by atoms with van der Waals surface area (Å²) in [5.74, 6) is -0.472. The molecule has 0 radical (unpaired) electrons. The summed E-state index contributed by atoms with van der Waals surface area (Å²) in [6, 6.07) is 6.39. The number of hydrogen-bond donors (Lipinski definition) is 0. The van der Waals surface area contributed by atoms with Gasteiger partial charge in [0.05, 0.1) is 5.69 Å². The average molecular weight is 345 g/mol. The Balaban J connectivity index is 1.76. The quantitative estimate of drug-likeness (QED) is 0.808. The molecule has 0 saturated heterocycles. The molecule has 1 aromatic heterocycles. The molecular weight excluding hydrogens is 321 g/mol. The van der Waals surface area contributed by atoms with Gasteiger partial charge in [0.15, 0.2) is 17.7 Å². The fraction of sp³-hybridized carbons (Fsp3) is 0.474. The Hall–Kier alpha value is -2.37. The van der Waals surface area contributed by atoms with Crippen LogP contribution in [0.25, 0.3) is 0 Å². The molecule has 0 aliphatic heterocycles. The smallest absolute Gasteiger partial charge is 0.263 e. The van der Waals surface area contributed by atoms with Crippen molar-refractivity contribution in [1.29, 1.82) is 0 Å². The second-order valence-corrected chi connectivity index (χ2v) is 6.66. The molecule has 2 aromatic rings. The molecule has 1 unspecified atom stereocenters. The minimum Gasteiger partial charge on any atom is -0.478 e. The first kappa shape index (κ1) is 17.5. The Morgan fingerprint density at radius 3 is 2.64 bits per heavy atom. The Morgan fingerprint density at radius 2 is 2.08 bits per heavy atom. The summed E-state index contributed by atoms with van der Waals surface area (Å²) in [4.78, 5) is 14.8. The lowest BCUT2D eigenvalue weighted by Crippen LogP contribution is -2.41. The van der Waals surface area contributed by atoms with Crippen LogP contribution in [0.4, 0.5) is 4.39 Å². The molecular formula is C19H24FN3O2. The van der Waals surface area contributed by atoms with Crippen LogP contribution in [0, 0.1) is 19.7 Å². The number of aromatic nitrogens is 2. The first-order valence-corrected chi connectivity index (χ1v) is 8.59. The molecule has 1 aliphatic rings. The lowest BCUT2D eigenvalue weighted by atomic mass is 10.1. The monoisotopic (exact) mass is 345 g/mol. The number of nitrogens with zero attached hydrogens (tertiary/aromatic N) is 3. The van der Waals surface area contributed by atoms with Gasteiger partial charge in [-0.2, -0.15) is 5.10 Å². The molecule has 0 N–H and O–H groups in total. The van der Waals surface area contributed by atoms with E-state index in [9.17, 15) is 9.18 Å². The molecule has 1 heterocycles. The maximum absolute atomic E-state index is 13.8. The lowest BCUT2D eigenvalue weighted by Gasteiger charge is -2.26. The van der Waals surface area contributed by atoms with Crippen molar-refractivity contribution < 1.29 is 13.9 Å². The molecule has 1 amide bonds. The van der Waals surface area contributed by atoms with Crippen LogP contribution >= 0.6 is 0 Å². The molecule has 0 bridgehead atoms. The third-order valence-electron chi connectivity index (χ3n) is 4.75. The number of carbonyl (C=O) groups is 1. The van der Waals surface area contributed by atoms with E-state index in [2.05, 4.69) is 5.10 Å². The second-order valence-electron chi connectivity index (χ2n) is 6.66. The molecule has 1 aromatic carbocycles. The largest absolute Gasteiger partial charge is 0.478 e. The highest BCUT2D eigenvalue weighted by Gasteiger charge is 2.36. The Bertz CT molecular complexity index is 783. The molecule has 5 nitrogen and oxygen atoms in total. The molecule has 0 spiro atoms. The molecule has 25 heavy (non-hydrogen) atoms. The molecule has 6 heteroatoms. The Kier molecular flexibility index (Phi) is 4.79. The summed E-state index contributed by atoms with van der Waals surface area (Å²) in [6.07, 6.45) is 1.25. The number of rotatable bonds is 6. The summed E-state index contributed by atoms with van der Waals surface area (Å²) in [6.45, 7) is 6.15. The van der Waals surface area contributed by atoms with Crippen LogP contribution in [0.2, 0.25) is 0 Å². The van der Waals surface area contributed by atoms with Gasteiger partial charge in [-0.05, 0) is 45.7 Å². The van der Waals surface area contributed by atoms with Crippen molar-refractivity contribution in [2.45, 2.75) is 52.3 Å². The van der Waals surface area contributed by atoms with Gasteiger partial charge in [-0.25, -0.2) is 4.39 Å². The number of carbonyl (C=O) groups excluding carboxylic acids is 1. The first-order valence-electron chi connectivity index (χ1n) is 8.59. The molecule has 1 aliphatic carbocycles. The van der Waals surface area contributed by atoms with Crippen LogP contribution < -0.4 is 4.74 Å². The Morgan fingerprint density at radius 1 is 1.40 bits per heavy atom. The second kappa shape index (κ2) is 6.86. The van der Waals surface area contributed by atoms with Gasteiger partial charge in [0.25, 0.3) is 5.91 Å². The third-order valence-corrected chi connectivity index (χ3v) is 4.75. The number of hydrogen-bond acceptors (Lipinski definition) is 3. The summed E-state index contributed by atoms with van der Waals surface area (Å²) >= 11 is 0. The molecule has 1 fully saturated rings. The van der Waals surface area contributed by atoms with Gasteiger partial charge in [-0.1, -0.05) is 12.1 Å². The SMILES string of the molecule is Cc1nn(C)c(C)c1CN(C(=O)C(C)Oc1ccccc1F)C1CC1. The number of halogens is 1. The van der Waals surface area contributed by atoms with Crippen LogP contribution in [-0.4, -0.2) is 32.7 Å². The van der Waals surface area contributed by atoms with E-state index in [1.165, 1.54) is 12.1 Å². The van der Waals surface area contributed by atoms with Gasteiger partial charge in [-0.3, -0.25) is 9.48 Å². The summed E-state index contributed by atoms with van der Waals surface area (Å²) < 4.78 is 21.2. The molecule has 1 saturated carbocycles. The zero-order chi connectivity index (χ0) is 18.1. The standard InChI is InChI=1S/C19H24FN3O2/c1-12-16(13(2)22(4)21-12)11-23(15-9-10-15)19(24)14(3)25-18-8-6-5-7-17(18)20/h5-8,14-15H,9-11H2,1-4H3. The Labute approximate surface area is 147 Å². The fourth-order valence-electron chi connectivity index (χ4n) is 3.00. The zero-order valence-corrected chi connectivity index (χ0v) is 15.1. The van der Waals surface area contributed by atoms with Crippen molar-refractivity contribution in [1.82, 2.24) is 14.7 Å². The van der Waals surface area contributed by atoms with E-state index in [0.29, 0.717) is 6.54 Å². The summed E-state index contributed by atoms with van der Waals surface area (Å²) in [7, 11) is 1.90. The summed E-state index contributed by atoms with van der Waals surface area (Å²) in [5.41, 5.74) is 3.06. The van der Waals surface area contributed by atoms with Crippen molar-refractivity contribution in [3.05, 3.63) is 47.0 Å². The van der Waals surface area contributed by atoms with E-state index < -0.39 is 11.9 Å². The van der Waals surface area contributed by atoms with Crippen LogP contribution in [-0.2, 0) is 18.4 Å². The van der Waals surface area contributed by atoms with Gasteiger partial charge in [0, 0.05) is 30.9 Å². The van der Waals surface area contributed by atoms with Crippen molar-refractivity contribution in [2.24, 2.45) is 7.05 Å². The van der Waals surface area contributed by atoms with Crippen molar-refractivity contribution in [2.75, 3.05) is 0 Å². The van der Waals surface area contributed by atoms with Crippen molar-refractivity contribution in [3.8, 4) is 5.75 Å². The van der Waals surface area contributed by atoms with E-state index in [1.54, 1.807) is 19.1 Å². The van der Waals surface area contributed by atoms with E-state index in [-0.39, 0.29) is 17.7 Å². The highest BCUT2D eigenvalue weighted by Crippen LogP contribution is 2.31. The van der Waals surface area contributed by atoms with Crippen LogP contribution in [0.5, 0.6) is 5.75 Å². The predicted molar refractivity (Wildman–Crippen MR) is 92.7 cm³/mol. The van der Waals surface area contributed by atoms with Gasteiger partial charge in [0.2, 0.25) is 0 Å². The fourth-order valence-corrected chi connectivity index (χ4v) is 3.00. The van der Waals surface area contributed by atoms with E-state index in [4.69, 9.17) is 4.74 Å². The van der Waals surface area contributed by atoms with Gasteiger partial charge >= 0.3 is 0 Å². The first-order chi connectivity index (χ1) is 11.9. The van der Waals surface area contributed by atoms with Gasteiger partial charge < -0.3 is 9.64 Å². The average Bonchev–Trinajstić information content (AvgIpc) is 3.37. The molecule has 1 atom stereocenters. The third kappa shape index (κ3) is 3.67. The highest BCUT2D eigenvalue weighted by atomic mass is 19.1. The maximum atomic E-state index is 13.8. The van der Waals surface area contributed by atoms with Crippen molar-refractivity contribution >= 4 is 5.91 Å². The highest BCUT2D eigenvalue weighted by molar-refractivity contribution is 5.81. The topological polar surface area (TPSA) is 47.4 Å². The van der Waals surface area contributed by atoms with E-state index >= 15 is 0 Å². The lowest BCUT2D eigenvalue weighted by molar-refractivity contribution is -0.139. The number of benzene rings is 1. The summed E-state index contributed by atoms with van der Waals surface area (Å²) in [5, 5.41) is 4.42. The van der Waals surface area contributed by atoms with Crippen LogP contribution in [0.15, 0.2) is 24.3 Å². The van der Waals surface area contributed by atoms with E-state index in [1.807, 2.05) is 30.5 Å². The number of amides is 1. The van der Waals surface area contributed by atoms with Crippen LogP contribution in [0.1, 0.15) is 36.7 Å². The van der Waals surface area contributed by atoms with Crippen LogP contribution in [0.3, 0.4) is 0 Å². The number of aryl methyl sites for hydroxylation is 2. The minimum absolute atomic E-state index is 0.104. The normalized spacial score (nSPS) is 15.1. The molecule has 3 rings (SSSR count). The predicted octanol–water partition coefficient (Wildman–Crippen LogP) is 3.13. The molecule has 134 valence electrons. The van der Waals surface area contributed by atoms with Crippen molar-refractivity contribution in [3.63, 3.8) is 0 Å². The number of para-hydroxylation sites is 1. The van der Waals surface area contributed by atoms with E-state index in [0.717, 1.165) is 29.8 Å². The minimum atomic E-state index is -0.741. The van der Waals surface area contributed by atoms with Gasteiger partial charge in [-0.15, -0.1) is 0 Å². The van der Waals surface area contributed by atoms with Gasteiger partial charge in [0.1, 0.15) is 0 Å².